The average Bonchev–Trinajstić information content (AvgIpc) is 2.27. The van der Waals surface area contributed by atoms with E-state index in [1.807, 2.05) is 32.0 Å². The summed E-state index contributed by atoms with van der Waals surface area (Å²) in [5, 5.41) is 0. The van der Waals surface area contributed by atoms with Crippen LogP contribution in [0.2, 0.25) is 0 Å². The standard InChI is InChI=1S/C15H13FO/c1-10-3-4-12(9-17)15(7-10)13-5-11(2)6-14(16)8-13/h3-9H,1-2H3. The van der Waals surface area contributed by atoms with Gasteiger partial charge in [0, 0.05) is 5.56 Å². The molecule has 0 atom stereocenters. The molecule has 2 rings (SSSR count). The number of hydrogen-bond acceptors (Lipinski definition) is 1. The predicted octanol–water partition coefficient (Wildman–Crippen LogP) is 3.92. The molecule has 0 saturated heterocycles. The van der Waals surface area contributed by atoms with Crippen LogP contribution in [-0.4, -0.2) is 6.29 Å². The molecule has 0 aromatic heterocycles. The number of halogens is 1. The molecule has 2 aromatic carbocycles. The molecule has 0 spiro atoms. The molecule has 0 bridgehead atoms. The van der Waals surface area contributed by atoms with Crippen molar-refractivity contribution in [1.82, 2.24) is 0 Å². The van der Waals surface area contributed by atoms with Crippen molar-refractivity contribution in [2.24, 2.45) is 0 Å². The van der Waals surface area contributed by atoms with Gasteiger partial charge in [0.25, 0.3) is 0 Å². The Morgan fingerprint density at radius 1 is 1.00 bits per heavy atom. The first kappa shape index (κ1) is 11.5. The summed E-state index contributed by atoms with van der Waals surface area (Å²) in [4.78, 5) is 11.0. The van der Waals surface area contributed by atoms with Crippen molar-refractivity contribution in [3.63, 3.8) is 0 Å². The topological polar surface area (TPSA) is 17.1 Å². The van der Waals surface area contributed by atoms with Crippen molar-refractivity contribution in [3.8, 4) is 11.1 Å². The molecule has 0 heterocycles. The van der Waals surface area contributed by atoms with Crippen LogP contribution in [-0.2, 0) is 0 Å². The minimum Gasteiger partial charge on any atom is -0.298 e. The van der Waals surface area contributed by atoms with Crippen molar-refractivity contribution in [3.05, 3.63) is 58.9 Å². The molecule has 2 heteroatoms. The van der Waals surface area contributed by atoms with Crippen molar-refractivity contribution in [2.75, 3.05) is 0 Å². The number of carbonyl (C=O) groups is 1. The first-order valence-electron chi connectivity index (χ1n) is 5.43. The largest absolute Gasteiger partial charge is 0.298 e. The van der Waals surface area contributed by atoms with Crippen LogP contribution in [0.25, 0.3) is 11.1 Å². The Morgan fingerprint density at radius 3 is 2.41 bits per heavy atom. The number of rotatable bonds is 2. The zero-order valence-corrected chi connectivity index (χ0v) is 9.83. The normalized spacial score (nSPS) is 10.3. The second-order valence-corrected chi connectivity index (χ2v) is 4.23. The number of carbonyl (C=O) groups excluding carboxylic acids is 1. The van der Waals surface area contributed by atoms with E-state index in [1.165, 1.54) is 12.1 Å². The Labute approximate surface area is 99.9 Å². The van der Waals surface area contributed by atoms with E-state index in [2.05, 4.69) is 0 Å². The highest BCUT2D eigenvalue weighted by atomic mass is 19.1. The van der Waals surface area contributed by atoms with E-state index in [0.717, 1.165) is 28.5 Å². The fraction of sp³-hybridized carbons (Fsp3) is 0.133. The first-order chi connectivity index (χ1) is 8.10. The van der Waals surface area contributed by atoms with Crippen LogP contribution < -0.4 is 0 Å². The third kappa shape index (κ3) is 2.41. The summed E-state index contributed by atoms with van der Waals surface area (Å²) in [6.07, 6.45) is 0.801. The van der Waals surface area contributed by atoms with Gasteiger partial charge in [-0.1, -0.05) is 29.8 Å². The van der Waals surface area contributed by atoms with Gasteiger partial charge in [0.15, 0.2) is 6.29 Å². The lowest BCUT2D eigenvalue weighted by Crippen LogP contribution is -1.90. The van der Waals surface area contributed by atoms with Crippen LogP contribution in [0.4, 0.5) is 4.39 Å². The smallest absolute Gasteiger partial charge is 0.150 e. The van der Waals surface area contributed by atoms with E-state index in [-0.39, 0.29) is 5.82 Å². The molecule has 1 nitrogen and oxygen atoms in total. The van der Waals surface area contributed by atoms with Crippen LogP contribution in [0.5, 0.6) is 0 Å². The van der Waals surface area contributed by atoms with Gasteiger partial charge < -0.3 is 0 Å². The summed E-state index contributed by atoms with van der Waals surface area (Å²) in [5.74, 6) is -0.279. The van der Waals surface area contributed by atoms with Gasteiger partial charge in [-0.15, -0.1) is 0 Å². The second kappa shape index (κ2) is 4.50. The lowest BCUT2D eigenvalue weighted by atomic mass is 9.97. The Kier molecular flexibility index (Phi) is 3.05. The Bertz CT molecular complexity index is 553. The van der Waals surface area contributed by atoms with Crippen LogP contribution in [0.15, 0.2) is 36.4 Å². The average molecular weight is 228 g/mol. The minimum atomic E-state index is -0.279. The number of aryl methyl sites for hydroxylation is 2. The fourth-order valence-electron chi connectivity index (χ4n) is 1.91. The SMILES string of the molecule is Cc1cc(F)cc(-c2cc(C)ccc2C=O)c1. The van der Waals surface area contributed by atoms with Crippen LogP contribution in [0.1, 0.15) is 21.5 Å². The van der Waals surface area contributed by atoms with E-state index < -0.39 is 0 Å². The molecule has 0 N–H and O–H groups in total. The van der Waals surface area contributed by atoms with Gasteiger partial charge in [0.1, 0.15) is 5.82 Å². The van der Waals surface area contributed by atoms with E-state index >= 15 is 0 Å². The molecule has 0 unspecified atom stereocenters. The summed E-state index contributed by atoms with van der Waals surface area (Å²) in [6, 6.07) is 10.3. The van der Waals surface area contributed by atoms with Crippen molar-refractivity contribution < 1.29 is 9.18 Å². The summed E-state index contributed by atoms with van der Waals surface area (Å²) in [5.41, 5.74) is 4.00. The van der Waals surface area contributed by atoms with Gasteiger partial charge in [-0.05, 0) is 42.7 Å². The van der Waals surface area contributed by atoms with E-state index in [1.54, 1.807) is 6.07 Å². The lowest BCUT2D eigenvalue weighted by molar-refractivity contribution is 0.112. The van der Waals surface area contributed by atoms with Crippen molar-refractivity contribution in [2.45, 2.75) is 13.8 Å². The molecule has 0 aliphatic carbocycles. The first-order valence-corrected chi connectivity index (χ1v) is 5.43. The fourth-order valence-corrected chi connectivity index (χ4v) is 1.91. The lowest BCUT2D eigenvalue weighted by Gasteiger charge is -2.08. The number of hydrogen-bond donors (Lipinski definition) is 0. The summed E-state index contributed by atoms with van der Waals surface area (Å²) in [6.45, 7) is 3.78. The van der Waals surface area contributed by atoms with Crippen molar-refractivity contribution in [1.29, 1.82) is 0 Å². The molecule has 0 amide bonds. The third-order valence-electron chi connectivity index (χ3n) is 2.69. The third-order valence-corrected chi connectivity index (χ3v) is 2.69. The summed E-state index contributed by atoms with van der Waals surface area (Å²) >= 11 is 0. The van der Waals surface area contributed by atoms with E-state index in [0.29, 0.717) is 5.56 Å². The van der Waals surface area contributed by atoms with Gasteiger partial charge >= 0.3 is 0 Å². The van der Waals surface area contributed by atoms with E-state index in [9.17, 15) is 9.18 Å². The highest BCUT2D eigenvalue weighted by molar-refractivity contribution is 5.87. The molecule has 0 fully saturated rings. The maximum atomic E-state index is 13.4. The molecule has 17 heavy (non-hydrogen) atoms. The number of benzene rings is 2. The molecule has 0 aliphatic rings. The molecule has 0 aliphatic heterocycles. The maximum absolute atomic E-state index is 13.4. The molecule has 2 aromatic rings. The van der Waals surface area contributed by atoms with Crippen LogP contribution >= 0.6 is 0 Å². The zero-order chi connectivity index (χ0) is 12.4. The Morgan fingerprint density at radius 2 is 1.76 bits per heavy atom. The molecule has 86 valence electrons. The number of aldehydes is 1. The molecule has 0 saturated carbocycles. The minimum absolute atomic E-state index is 0.279. The summed E-state index contributed by atoms with van der Waals surface area (Å²) < 4.78 is 13.4. The molecular weight excluding hydrogens is 215 g/mol. The monoisotopic (exact) mass is 228 g/mol. The van der Waals surface area contributed by atoms with Gasteiger partial charge in [-0.25, -0.2) is 4.39 Å². The van der Waals surface area contributed by atoms with Gasteiger partial charge in [0.05, 0.1) is 0 Å². The quantitative estimate of drug-likeness (QED) is 0.712. The van der Waals surface area contributed by atoms with Crippen LogP contribution in [0.3, 0.4) is 0 Å². The second-order valence-electron chi connectivity index (χ2n) is 4.23. The highest BCUT2D eigenvalue weighted by Gasteiger charge is 2.06. The van der Waals surface area contributed by atoms with Crippen molar-refractivity contribution >= 4 is 6.29 Å². The Hall–Kier alpha value is -1.96. The van der Waals surface area contributed by atoms with E-state index in [4.69, 9.17) is 0 Å². The van der Waals surface area contributed by atoms with Gasteiger partial charge in [-0.3, -0.25) is 4.79 Å². The van der Waals surface area contributed by atoms with Gasteiger partial charge in [0.2, 0.25) is 0 Å². The maximum Gasteiger partial charge on any atom is 0.150 e. The molecular formula is C15H13FO. The zero-order valence-electron chi connectivity index (χ0n) is 9.83. The van der Waals surface area contributed by atoms with Gasteiger partial charge in [-0.2, -0.15) is 0 Å². The molecule has 0 radical (unpaired) electrons. The summed E-state index contributed by atoms with van der Waals surface area (Å²) in [7, 11) is 0. The Balaban J connectivity index is 2.66. The van der Waals surface area contributed by atoms with Crippen LogP contribution in [0, 0.1) is 19.7 Å². The highest BCUT2D eigenvalue weighted by Crippen LogP contribution is 2.25. The predicted molar refractivity (Wildman–Crippen MR) is 66.7 cm³/mol.